The van der Waals surface area contributed by atoms with Gasteiger partial charge in [0.05, 0.1) is 33.1 Å². The Labute approximate surface area is 575 Å². The van der Waals surface area contributed by atoms with E-state index in [1.54, 1.807) is 11.3 Å². The van der Waals surface area contributed by atoms with Crippen molar-refractivity contribution in [2.24, 2.45) is 21.8 Å². The largest absolute Gasteiger partial charge is 0.358 e. The van der Waals surface area contributed by atoms with Gasteiger partial charge in [0, 0.05) is 63.9 Å². The maximum absolute atomic E-state index is 4.71. The van der Waals surface area contributed by atoms with Crippen LogP contribution in [-0.2, 0) is 12.8 Å². The number of aromatic amines is 3. The van der Waals surface area contributed by atoms with Crippen molar-refractivity contribution in [3.05, 3.63) is 175 Å². The summed E-state index contributed by atoms with van der Waals surface area (Å²) < 4.78 is 0. The average Bonchev–Trinajstić information content (AvgIpc) is 1.75. The van der Waals surface area contributed by atoms with E-state index in [2.05, 4.69) is 300 Å². The highest BCUT2D eigenvalue weighted by Gasteiger charge is 2.19. The lowest BCUT2D eigenvalue weighted by Gasteiger charge is -2.06. The molecule has 6 heterocycles. The number of hydrogen-bond donors (Lipinski definition) is 3. The highest BCUT2D eigenvalue weighted by molar-refractivity contribution is 7.09. The molecule has 4 aromatic heterocycles. The molecule has 2 aliphatic rings. The summed E-state index contributed by atoms with van der Waals surface area (Å²) in [6.07, 6.45) is 2.09. The average molecular weight is 1290 g/mol. The van der Waals surface area contributed by atoms with Gasteiger partial charge in [0.1, 0.15) is 5.82 Å². The van der Waals surface area contributed by atoms with E-state index in [0.717, 1.165) is 29.7 Å². The minimum Gasteiger partial charge on any atom is -0.358 e. The van der Waals surface area contributed by atoms with Gasteiger partial charge in [-0.15, -0.1) is 11.3 Å². The van der Waals surface area contributed by atoms with Crippen LogP contribution in [0, 0.1) is 11.8 Å². The zero-order valence-corrected chi connectivity index (χ0v) is 58.2. The van der Waals surface area contributed by atoms with Crippen LogP contribution in [0.5, 0.6) is 0 Å². The number of rotatable bonds is 12. The second-order valence-corrected chi connectivity index (χ2v) is 28.7. The van der Waals surface area contributed by atoms with Gasteiger partial charge in [-0.3, -0.25) is 9.98 Å². The van der Waals surface area contributed by atoms with Crippen LogP contribution in [-0.4, -0.2) is 36.3 Å². The summed E-state index contributed by atoms with van der Waals surface area (Å²) in [5.41, 5.74) is 23.4. The van der Waals surface area contributed by atoms with Gasteiger partial charge in [0.15, 0.2) is 0 Å². The van der Waals surface area contributed by atoms with Gasteiger partial charge in [-0.2, -0.15) is 0 Å². The summed E-state index contributed by atoms with van der Waals surface area (Å²) in [5, 5.41) is 6.07. The molecule has 0 fully saturated rings. The second kappa shape index (κ2) is 40.1. The van der Waals surface area contributed by atoms with E-state index >= 15 is 0 Å². The molecular formula is C85H137N7S. The van der Waals surface area contributed by atoms with Crippen molar-refractivity contribution in [3.8, 4) is 0 Å². The highest BCUT2D eigenvalue weighted by atomic mass is 32.1. The van der Waals surface area contributed by atoms with Crippen molar-refractivity contribution in [3.63, 3.8) is 0 Å². The predicted molar refractivity (Wildman–Crippen MR) is 427 cm³/mol. The van der Waals surface area contributed by atoms with Crippen LogP contribution in [0.4, 0.5) is 11.4 Å². The van der Waals surface area contributed by atoms with Crippen LogP contribution in [0.2, 0.25) is 0 Å². The van der Waals surface area contributed by atoms with Crippen molar-refractivity contribution in [2.75, 3.05) is 0 Å². The fourth-order valence-corrected chi connectivity index (χ4v) is 11.0. The zero-order chi connectivity index (χ0) is 63.4. The van der Waals surface area contributed by atoms with Crippen molar-refractivity contribution >= 4 is 67.0 Å². The minimum absolute atomic E-state index is 0. The first-order chi connectivity index (χ1) is 40.5. The Kier molecular flexibility index (Phi) is 38.3. The first-order valence-electron chi connectivity index (χ1n) is 32.6. The fraction of sp³-hybridized carbons (Fsp3) is 0.529. The maximum atomic E-state index is 4.71. The van der Waals surface area contributed by atoms with Gasteiger partial charge in [-0.05, 0) is 157 Å². The van der Waals surface area contributed by atoms with Gasteiger partial charge >= 0.3 is 0 Å². The van der Waals surface area contributed by atoms with Crippen LogP contribution in [0.15, 0.2) is 118 Å². The molecule has 0 unspecified atom stereocenters. The number of H-pyrrole nitrogens is 3. The van der Waals surface area contributed by atoms with E-state index < -0.39 is 0 Å². The molecule has 3 N–H and O–H groups in total. The standard InChI is InChI=1S/4C14H19N.C13H18N2.C9H15NS.7CH4/c4*1-9(2)11-5-6-12-8-13(10(3)4)15-14(12)7-11;1-8(2)10-5-6-11-12(7-10)15-13(14-11)9(3)4;1-6(2)8-5-11-9(10-8)7(3)4;;;;;;;/h2*5-7,9-10H,8H2,1-4H3;2*5-10,15H,1-4H3;5-9H,1-4H3,(H,14,15);5-7H,1-4H3;7*1H4. The third-order valence-electron chi connectivity index (χ3n) is 16.4. The maximum Gasteiger partial charge on any atom is 0.109 e. The first-order valence-corrected chi connectivity index (χ1v) is 33.5. The lowest BCUT2D eigenvalue weighted by atomic mass is 9.98. The monoisotopic (exact) mass is 1290 g/mol. The molecule has 0 amide bonds. The third-order valence-corrected chi connectivity index (χ3v) is 17.6. The third kappa shape index (κ3) is 24.7. The number of thiazole rings is 1. The Morgan fingerprint density at radius 1 is 0.323 bits per heavy atom. The minimum atomic E-state index is 0. The van der Waals surface area contributed by atoms with Crippen molar-refractivity contribution in [2.45, 2.75) is 290 Å². The van der Waals surface area contributed by atoms with E-state index in [9.17, 15) is 0 Å². The number of benzene rings is 5. The summed E-state index contributed by atoms with van der Waals surface area (Å²) >= 11 is 1.77. The molecule has 0 radical (unpaired) electrons. The Balaban J connectivity index is 0. The number of nitrogens with zero attached hydrogens (tertiary/aromatic N) is 4. The molecule has 0 bridgehead atoms. The summed E-state index contributed by atoms with van der Waals surface area (Å²) in [6, 6.07) is 37.9. The molecule has 0 saturated carbocycles. The molecule has 11 rings (SSSR count). The Bertz CT molecular complexity index is 3310. The van der Waals surface area contributed by atoms with Crippen molar-refractivity contribution < 1.29 is 0 Å². The summed E-state index contributed by atoms with van der Waals surface area (Å²) in [7, 11) is 0. The Morgan fingerprint density at radius 3 is 0.989 bits per heavy atom. The smallest absolute Gasteiger partial charge is 0.109 e. The highest BCUT2D eigenvalue weighted by Crippen LogP contribution is 2.34. The van der Waals surface area contributed by atoms with Gasteiger partial charge in [0.25, 0.3) is 0 Å². The number of fused-ring (bicyclic) bond motifs is 5. The molecule has 518 valence electrons. The molecular weight excluding hydrogens is 1150 g/mol. The second-order valence-electron chi connectivity index (χ2n) is 27.8. The van der Waals surface area contributed by atoms with Crippen molar-refractivity contribution in [1.29, 1.82) is 0 Å². The van der Waals surface area contributed by atoms with E-state index in [-0.39, 0.29) is 52.0 Å². The molecule has 0 saturated heterocycles. The lowest BCUT2D eigenvalue weighted by molar-refractivity contribution is 0.793. The lowest BCUT2D eigenvalue weighted by Crippen LogP contribution is -2.06. The molecule has 0 aliphatic carbocycles. The Hall–Kier alpha value is -6.38. The van der Waals surface area contributed by atoms with Gasteiger partial charge in [-0.1, -0.05) is 273 Å². The SMILES string of the molecule is C.C.C.C.C.C.C.CC(C)C1=Nc2cc(C(C)C)ccc2C1.CC(C)C1=Nc2cc(C(C)C)ccc2C1.CC(C)c1ccc2cc(C(C)C)[nH]c2c1.CC(C)c1ccc2cc(C(C)C)[nH]c2c1.CC(C)c1ccc2nc(C(C)C)[nH]c2c1.CC(C)c1csc(C(C)C)n1. The summed E-state index contributed by atoms with van der Waals surface area (Å²) in [5.74, 6) is 7.90. The zero-order valence-electron chi connectivity index (χ0n) is 57.4. The molecule has 0 atom stereocenters. The van der Waals surface area contributed by atoms with Gasteiger partial charge < -0.3 is 15.0 Å². The van der Waals surface area contributed by atoms with Crippen LogP contribution in [0.1, 0.15) is 344 Å². The van der Waals surface area contributed by atoms with E-state index in [1.807, 2.05) is 0 Å². The molecule has 0 spiro atoms. The van der Waals surface area contributed by atoms with Crippen LogP contribution < -0.4 is 0 Å². The quantitative estimate of drug-likeness (QED) is 0.114. The summed E-state index contributed by atoms with van der Waals surface area (Å²) in [6.45, 7) is 53.0. The van der Waals surface area contributed by atoms with Gasteiger partial charge in [-0.25, -0.2) is 9.97 Å². The number of hydrogen-bond acceptors (Lipinski definition) is 5. The van der Waals surface area contributed by atoms with E-state index in [1.165, 1.54) is 106 Å². The number of aliphatic imine (C=N–C) groups is 2. The van der Waals surface area contributed by atoms with Gasteiger partial charge in [0.2, 0.25) is 0 Å². The fourth-order valence-electron chi connectivity index (χ4n) is 10.0. The van der Waals surface area contributed by atoms with E-state index in [0.29, 0.717) is 71.0 Å². The van der Waals surface area contributed by atoms with Crippen LogP contribution in [0.25, 0.3) is 32.8 Å². The molecule has 93 heavy (non-hydrogen) atoms. The van der Waals surface area contributed by atoms with E-state index in [4.69, 9.17) is 9.98 Å². The molecule has 5 aromatic carbocycles. The molecule has 2 aliphatic heterocycles. The topological polar surface area (TPSA) is 97.9 Å². The van der Waals surface area contributed by atoms with Crippen LogP contribution >= 0.6 is 11.3 Å². The first kappa shape index (κ1) is 88.7. The molecule has 9 aromatic rings. The molecule has 7 nitrogen and oxygen atoms in total. The normalized spacial score (nSPS) is 11.8. The molecule has 8 heteroatoms. The Morgan fingerprint density at radius 2 is 0.677 bits per heavy atom. The number of aromatic nitrogens is 5. The number of imidazole rings is 1. The number of nitrogens with one attached hydrogen (secondary N) is 3. The van der Waals surface area contributed by atoms with Crippen molar-refractivity contribution in [1.82, 2.24) is 24.9 Å². The predicted octanol–water partition coefficient (Wildman–Crippen LogP) is 28.7. The van der Waals surface area contributed by atoms with Crippen LogP contribution in [0.3, 0.4) is 0 Å². The summed E-state index contributed by atoms with van der Waals surface area (Å²) in [4.78, 5) is 28.9.